The number of rotatable bonds is 16. The minimum absolute atomic E-state index is 1.03. The fourth-order valence-electron chi connectivity index (χ4n) is 11.1. The molecule has 14 rings (SSSR count). The van der Waals surface area contributed by atoms with E-state index < -0.39 is 0 Å². The molecule has 5 nitrogen and oxygen atoms in total. The average molecular weight is 1460 g/mol. The summed E-state index contributed by atoms with van der Waals surface area (Å²) in [6.07, 6.45) is 0. The Balaban J connectivity index is 0.000000233. The van der Waals surface area contributed by atoms with Crippen molar-refractivity contribution in [2.75, 3.05) is 24.9 Å². The molecule has 0 aliphatic heterocycles. The first-order chi connectivity index (χ1) is 45.8. The number of nitrogens with zero attached hydrogens (tertiary/aromatic N) is 4. The van der Waals surface area contributed by atoms with E-state index in [9.17, 15) is 0 Å². The maximum Gasteiger partial charge on any atom is 0.0488 e. The van der Waals surface area contributed by atoms with Gasteiger partial charge in [0, 0.05) is 97.5 Å². The third-order valence-electron chi connectivity index (χ3n) is 15.2. The molecule has 0 aromatic heterocycles. The van der Waals surface area contributed by atoms with E-state index in [0.717, 1.165) is 109 Å². The van der Waals surface area contributed by atoms with Crippen LogP contribution in [0.25, 0.3) is 22.3 Å². The lowest BCUT2D eigenvalue weighted by Gasteiger charge is -2.31. The second-order valence-corrected chi connectivity index (χ2v) is 25.3. The zero-order valence-electron chi connectivity index (χ0n) is 50.6. The first kappa shape index (κ1) is 63.2. The number of para-hydroxylation sites is 10. The normalized spacial score (nSPS) is 10.6. The van der Waals surface area contributed by atoms with Crippen LogP contribution < -0.4 is 24.9 Å². The summed E-state index contributed by atoms with van der Waals surface area (Å²) in [7, 11) is 0. The second kappa shape index (κ2) is 31.4. The lowest BCUT2D eigenvalue weighted by Crippen LogP contribution is -2.14. The van der Waals surface area contributed by atoms with Gasteiger partial charge in [-0.3, -0.25) is 0 Å². The summed E-state index contributed by atoms with van der Waals surface area (Å²) < 4.78 is 4.25. The van der Waals surface area contributed by atoms with E-state index in [0.29, 0.717) is 0 Å². The summed E-state index contributed by atoms with van der Waals surface area (Å²) in [5.41, 5.74) is 19.3. The zero-order chi connectivity index (χ0) is 63.6. The summed E-state index contributed by atoms with van der Waals surface area (Å²) in [5, 5.41) is 3.30. The highest BCUT2D eigenvalue weighted by molar-refractivity contribution is 9.11. The van der Waals surface area contributed by atoms with E-state index in [1.807, 2.05) is 72.8 Å². The van der Waals surface area contributed by atoms with E-state index in [4.69, 9.17) is 0 Å². The van der Waals surface area contributed by atoms with Gasteiger partial charge in [-0.05, 0) is 216 Å². The van der Waals surface area contributed by atoms with Crippen molar-refractivity contribution in [1.29, 1.82) is 0 Å². The number of halogens is 4. The van der Waals surface area contributed by atoms with Crippen LogP contribution in [0.1, 0.15) is 0 Å². The number of hydrogen-bond donors (Lipinski definition) is 1. The number of nitrogens with one attached hydrogen (secondary N) is 1. The van der Waals surface area contributed by atoms with E-state index in [-0.39, 0.29) is 0 Å². The Bertz CT molecular complexity index is 3920. The summed E-state index contributed by atoms with van der Waals surface area (Å²) >= 11 is 14.0. The van der Waals surface area contributed by atoms with Gasteiger partial charge in [-0.2, -0.15) is 0 Å². The fourth-order valence-corrected chi connectivity index (χ4v) is 13.7. The van der Waals surface area contributed by atoms with Crippen molar-refractivity contribution in [1.82, 2.24) is 0 Å². The van der Waals surface area contributed by atoms with Crippen LogP contribution in [-0.2, 0) is 0 Å². The van der Waals surface area contributed by atoms with Gasteiger partial charge in [0.15, 0.2) is 0 Å². The van der Waals surface area contributed by atoms with Crippen molar-refractivity contribution in [2.24, 2.45) is 0 Å². The van der Waals surface area contributed by atoms with Crippen LogP contribution >= 0.6 is 63.7 Å². The van der Waals surface area contributed by atoms with Gasteiger partial charge >= 0.3 is 0 Å². The van der Waals surface area contributed by atoms with E-state index in [1.54, 1.807) is 0 Å². The quantitative estimate of drug-likeness (QED) is 0.104. The first-order valence-electron chi connectivity index (χ1n) is 30.5. The Kier molecular flexibility index (Phi) is 21.3. The minimum atomic E-state index is 1.03. The first-order valence-corrected chi connectivity index (χ1v) is 33.6. The number of benzene rings is 14. The van der Waals surface area contributed by atoms with Crippen LogP contribution in [0, 0.1) is 0 Å². The van der Waals surface area contributed by atoms with Crippen LogP contribution in [0.15, 0.2) is 394 Å². The maximum absolute atomic E-state index is 3.49. The molecule has 0 aliphatic carbocycles. The van der Waals surface area contributed by atoms with Crippen molar-refractivity contribution in [3.05, 3.63) is 394 Å². The molecule has 0 spiro atoms. The summed E-state index contributed by atoms with van der Waals surface area (Å²) in [4.78, 5) is 9.41. The maximum atomic E-state index is 3.49. The van der Waals surface area contributed by atoms with Gasteiger partial charge in [-0.1, -0.05) is 246 Å². The van der Waals surface area contributed by atoms with Gasteiger partial charge in [-0.25, -0.2) is 0 Å². The van der Waals surface area contributed by atoms with Crippen LogP contribution in [0.5, 0.6) is 0 Å². The Morgan fingerprint density at radius 1 is 0.161 bits per heavy atom. The van der Waals surface area contributed by atoms with Gasteiger partial charge in [-0.15, -0.1) is 0 Å². The highest BCUT2D eigenvalue weighted by Crippen LogP contribution is 2.47. The van der Waals surface area contributed by atoms with Gasteiger partial charge in [0.05, 0.1) is 0 Å². The van der Waals surface area contributed by atoms with Gasteiger partial charge < -0.3 is 24.9 Å². The molecule has 0 saturated heterocycles. The highest BCUT2D eigenvalue weighted by atomic mass is 79.9. The molecule has 14 aromatic rings. The predicted octanol–water partition coefficient (Wildman–Crippen LogP) is 27.1. The summed E-state index contributed by atoms with van der Waals surface area (Å²) in [6, 6.07) is 132. The van der Waals surface area contributed by atoms with Gasteiger partial charge in [0.25, 0.3) is 0 Å². The molecule has 0 atom stereocenters. The number of anilines is 14. The van der Waals surface area contributed by atoms with Crippen molar-refractivity contribution < 1.29 is 0 Å². The lowest BCUT2D eigenvalue weighted by molar-refractivity contribution is 1.24. The van der Waals surface area contributed by atoms with Crippen LogP contribution in [0.2, 0.25) is 0 Å². The second-order valence-electron chi connectivity index (χ2n) is 21.7. The molecule has 0 heterocycles. The monoisotopic (exact) mass is 1460 g/mol. The van der Waals surface area contributed by atoms with Crippen molar-refractivity contribution in [2.45, 2.75) is 0 Å². The molecule has 93 heavy (non-hydrogen) atoms. The minimum Gasteiger partial charge on any atom is -0.356 e. The molecule has 9 heteroatoms. The SMILES string of the molecule is Brc1cc(Br)cc(-c2cc(Br)cc(Br)c2)c1.c1ccc(N(c2ccccc2)c2cc(-c3cc(N(c4ccccc4)c4ccccc4)cc(N(c4ccccc4)c4ccccc4)c3)cc(N(c3ccccc3)c3ccccc3)c2)cc1.c1ccc(Nc2ccccc2)cc1. The van der Waals surface area contributed by atoms with Gasteiger partial charge in [0.1, 0.15) is 0 Å². The van der Waals surface area contributed by atoms with Crippen molar-refractivity contribution in [3.63, 3.8) is 0 Å². The smallest absolute Gasteiger partial charge is 0.0488 e. The molecular formula is C84H63Br4N5. The fraction of sp³-hybridized carbons (Fsp3) is 0. The molecule has 452 valence electrons. The molecule has 0 amide bonds. The Morgan fingerprint density at radius 2 is 0.323 bits per heavy atom. The standard InChI is InChI=1S/C60H46N4.C12H6Br4.C12H11N/c1-9-25-49(26-10-1)61(50-27-11-2-12-28-50)57-41-47(42-58(45-57)62(51-29-13-3-14-30-51)52-31-15-4-16-32-52)48-43-59(63(53-33-17-5-18-34-53)54-35-19-6-20-36-54)46-60(44-48)64(55-37-21-7-22-38-55)56-39-23-8-24-40-56;13-9-1-7(2-10(14)5-9)8-3-11(15)6-12(16)4-8;1-3-7-11(8-4-1)13-12-9-5-2-6-10-12/h1-46H;1-6H;1-10,13H. The molecular weight excluding hydrogens is 1400 g/mol. The average Bonchev–Trinajstić information content (AvgIpc) is 1.11. The van der Waals surface area contributed by atoms with E-state index in [2.05, 4.69) is 392 Å². The third kappa shape index (κ3) is 16.6. The number of hydrogen-bond acceptors (Lipinski definition) is 5. The zero-order valence-corrected chi connectivity index (χ0v) is 56.9. The predicted molar refractivity (Wildman–Crippen MR) is 409 cm³/mol. The topological polar surface area (TPSA) is 25.0 Å². The van der Waals surface area contributed by atoms with Crippen LogP contribution in [0.3, 0.4) is 0 Å². The van der Waals surface area contributed by atoms with Gasteiger partial charge in [0.2, 0.25) is 0 Å². The van der Waals surface area contributed by atoms with E-state index in [1.165, 1.54) is 11.1 Å². The van der Waals surface area contributed by atoms with Crippen LogP contribution in [-0.4, -0.2) is 0 Å². The molecule has 0 unspecified atom stereocenters. The van der Waals surface area contributed by atoms with Crippen molar-refractivity contribution in [3.8, 4) is 22.3 Å². The Labute approximate surface area is 579 Å². The molecule has 14 aromatic carbocycles. The van der Waals surface area contributed by atoms with E-state index >= 15 is 0 Å². The molecule has 0 radical (unpaired) electrons. The molecule has 0 aliphatic rings. The molecule has 0 fully saturated rings. The Morgan fingerprint density at radius 3 is 0.505 bits per heavy atom. The summed E-state index contributed by atoms with van der Waals surface area (Å²) in [6.45, 7) is 0. The van der Waals surface area contributed by atoms with Crippen molar-refractivity contribution >= 4 is 143 Å². The Hall–Kier alpha value is -10.0. The third-order valence-corrected chi connectivity index (χ3v) is 17.0. The highest BCUT2D eigenvalue weighted by Gasteiger charge is 2.23. The van der Waals surface area contributed by atoms with Crippen LogP contribution in [0.4, 0.5) is 79.6 Å². The largest absolute Gasteiger partial charge is 0.356 e. The molecule has 0 saturated carbocycles. The molecule has 1 N–H and O–H groups in total. The molecule has 0 bridgehead atoms. The summed E-state index contributed by atoms with van der Waals surface area (Å²) in [5.74, 6) is 0. The lowest BCUT2D eigenvalue weighted by atomic mass is 9.99.